The molecule has 1 heterocycles. The lowest BCUT2D eigenvalue weighted by Crippen LogP contribution is -2.38. The third-order valence-corrected chi connectivity index (χ3v) is 6.18. The number of fused-ring (bicyclic) bond motifs is 1. The molecule has 0 aliphatic carbocycles. The minimum Gasteiger partial charge on any atom is -0.364 e. The minimum atomic E-state index is -4.51. The third-order valence-electron chi connectivity index (χ3n) is 4.70. The van der Waals surface area contributed by atoms with Gasteiger partial charge in [-0.25, -0.2) is 8.42 Å². The summed E-state index contributed by atoms with van der Waals surface area (Å²) in [4.78, 5) is 12.6. The second-order valence-electron chi connectivity index (χ2n) is 6.85. The monoisotopic (exact) mass is 447 g/mol. The molecular formula is C21H16F3N3O3S. The van der Waals surface area contributed by atoms with Gasteiger partial charge in [0.25, 0.3) is 5.91 Å². The summed E-state index contributed by atoms with van der Waals surface area (Å²) in [6.45, 7) is 0. The maximum atomic E-state index is 12.8. The number of alkyl halides is 3. The van der Waals surface area contributed by atoms with Crippen LogP contribution in [0.15, 0.2) is 77.7 Å². The number of benzene rings is 3. The average molecular weight is 447 g/mol. The van der Waals surface area contributed by atoms with Crippen LogP contribution in [-0.2, 0) is 16.2 Å². The van der Waals surface area contributed by atoms with Crippen LogP contribution in [0.5, 0.6) is 0 Å². The van der Waals surface area contributed by atoms with Crippen LogP contribution in [0, 0.1) is 0 Å². The van der Waals surface area contributed by atoms with Gasteiger partial charge in [-0.15, -0.1) is 0 Å². The van der Waals surface area contributed by atoms with Gasteiger partial charge in [-0.05, 0) is 48.0 Å². The summed E-state index contributed by atoms with van der Waals surface area (Å²) in [5.74, 6) is -0.589. The van der Waals surface area contributed by atoms with E-state index in [1.807, 2.05) is 0 Å². The number of para-hydroxylation sites is 1. The number of amides is 1. The Kier molecular flexibility index (Phi) is 5.19. The van der Waals surface area contributed by atoms with Crippen LogP contribution in [0.2, 0.25) is 0 Å². The Morgan fingerprint density at radius 3 is 2.35 bits per heavy atom. The Morgan fingerprint density at radius 1 is 0.935 bits per heavy atom. The minimum absolute atomic E-state index is 0.0159. The van der Waals surface area contributed by atoms with Crippen LogP contribution in [0.3, 0.4) is 0 Å². The molecule has 3 N–H and O–H groups in total. The molecule has 3 aromatic rings. The highest BCUT2D eigenvalue weighted by molar-refractivity contribution is 7.89. The first-order valence-electron chi connectivity index (χ1n) is 9.10. The summed E-state index contributed by atoms with van der Waals surface area (Å²) in [7, 11) is -3.71. The Bertz CT molecular complexity index is 1240. The normalized spacial score (nSPS) is 17.3. The predicted octanol–water partition coefficient (Wildman–Crippen LogP) is 4.36. The van der Waals surface area contributed by atoms with E-state index in [0.29, 0.717) is 11.3 Å². The molecule has 31 heavy (non-hydrogen) atoms. The fourth-order valence-electron chi connectivity index (χ4n) is 3.18. The molecule has 0 radical (unpaired) electrons. The molecule has 6 nitrogen and oxygen atoms in total. The lowest BCUT2D eigenvalue weighted by molar-refractivity contribution is -0.137. The number of hydrogen-bond donors (Lipinski definition) is 3. The van der Waals surface area contributed by atoms with Gasteiger partial charge in [-0.3, -0.25) is 4.79 Å². The number of sulfonamides is 1. The number of carbonyl (C=O) groups excluding carboxylic acids is 1. The highest BCUT2D eigenvalue weighted by Crippen LogP contribution is 2.32. The summed E-state index contributed by atoms with van der Waals surface area (Å²) >= 11 is 0. The molecule has 4 rings (SSSR count). The molecule has 3 aromatic carbocycles. The van der Waals surface area contributed by atoms with E-state index in [1.165, 1.54) is 30.3 Å². The van der Waals surface area contributed by atoms with Gasteiger partial charge in [0, 0.05) is 11.3 Å². The maximum absolute atomic E-state index is 12.8. The van der Waals surface area contributed by atoms with Gasteiger partial charge in [0.1, 0.15) is 11.1 Å². The smallest absolute Gasteiger partial charge is 0.364 e. The first-order valence-corrected chi connectivity index (χ1v) is 10.6. The highest BCUT2D eigenvalue weighted by Gasteiger charge is 2.31. The largest absolute Gasteiger partial charge is 0.416 e. The van der Waals surface area contributed by atoms with E-state index >= 15 is 0 Å². The van der Waals surface area contributed by atoms with E-state index in [2.05, 4.69) is 15.4 Å². The quantitative estimate of drug-likeness (QED) is 0.557. The lowest BCUT2D eigenvalue weighted by Gasteiger charge is -2.28. The molecule has 0 bridgehead atoms. The molecule has 0 aromatic heterocycles. The lowest BCUT2D eigenvalue weighted by atomic mass is 10.1. The number of halogens is 3. The first-order chi connectivity index (χ1) is 14.6. The molecule has 1 aliphatic rings. The van der Waals surface area contributed by atoms with Crippen molar-refractivity contribution in [3.63, 3.8) is 0 Å². The van der Waals surface area contributed by atoms with Crippen molar-refractivity contribution >= 4 is 27.3 Å². The van der Waals surface area contributed by atoms with Gasteiger partial charge < -0.3 is 10.6 Å². The molecular weight excluding hydrogens is 431 g/mol. The Hall–Kier alpha value is -3.37. The van der Waals surface area contributed by atoms with Crippen molar-refractivity contribution in [3.8, 4) is 0 Å². The van der Waals surface area contributed by atoms with Crippen molar-refractivity contribution in [1.82, 2.24) is 4.72 Å². The maximum Gasteiger partial charge on any atom is 0.416 e. The van der Waals surface area contributed by atoms with E-state index in [9.17, 15) is 26.4 Å². The van der Waals surface area contributed by atoms with Crippen LogP contribution >= 0.6 is 0 Å². The molecule has 0 saturated carbocycles. The molecule has 0 spiro atoms. The van der Waals surface area contributed by atoms with Gasteiger partial charge in [0.2, 0.25) is 10.0 Å². The molecule has 0 fully saturated rings. The molecule has 1 atom stereocenters. The summed E-state index contributed by atoms with van der Waals surface area (Å²) in [6.07, 6.45) is -5.25. The fourth-order valence-corrected chi connectivity index (χ4v) is 4.49. The number of carbonyl (C=O) groups is 1. The van der Waals surface area contributed by atoms with Gasteiger partial charge in [0.15, 0.2) is 0 Å². The van der Waals surface area contributed by atoms with Gasteiger partial charge >= 0.3 is 6.18 Å². The molecule has 1 aliphatic heterocycles. The number of hydrogen-bond acceptors (Lipinski definition) is 4. The van der Waals surface area contributed by atoms with Crippen LogP contribution in [0.25, 0.3) is 0 Å². The standard InChI is InChI=1S/C21H16F3N3O3S/c22-21(23,24)15-4-3-5-16(12-15)25-20(28)14-10-8-13(9-11-14)19-26-17-6-1-2-7-18(17)31(29,30)27-19/h1-12,19,26-27H,(H,25,28)/t19-/m0/s1. The molecule has 160 valence electrons. The van der Waals surface area contributed by atoms with Gasteiger partial charge in [-0.2, -0.15) is 17.9 Å². The van der Waals surface area contributed by atoms with Crippen LogP contribution in [0.1, 0.15) is 27.7 Å². The van der Waals surface area contributed by atoms with E-state index in [1.54, 1.807) is 30.3 Å². The number of anilines is 2. The van der Waals surface area contributed by atoms with Crippen molar-refractivity contribution < 1.29 is 26.4 Å². The van der Waals surface area contributed by atoms with Crippen molar-refractivity contribution in [2.75, 3.05) is 10.6 Å². The van der Waals surface area contributed by atoms with Crippen molar-refractivity contribution in [3.05, 3.63) is 89.5 Å². The average Bonchev–Trinajstić information content (AvgIpc) is 2.73. The number of rotatable bonds is 3. The SMILES string of the molecule is O=C(Nc1cccc(C(F)(F)F)c1)c1ccc([C@H]2Nc3ccccc3S(=O)(=O)N2)cc1. The summed E-state index contributed by atoms with van der Waals surface area (Å²) in [5.41, 5.74) is 0.380. The molecule has 0 unspecified atom stereocenters. The summed E-state index contributed by atoms with van der Waals surface area (Å²) < 4.78 is 65.9. The molecule has 1 amide bonds. The Balaban J connectivity index is 1.51. The van der Waals surface area contributed by atoms with E-state index in [0.717, 1.165) is 12.1 Å². The van der Waals surface area contributed by atoms with Crippen molar-refractivity contribution in [2.45, 2.75) is 17.2 Å². The fraction of sp³-hybridized carbons (Fsp3) is 0.0952. The topological polar surface area (TPSA) is 87.3 Å². The van der Waals surface area contributed by atoms with Crippen molar-refractivity contribution in [2.24, 2.45) is 0 Å². The Labute approximate surface area is 176 Å². The molecule has 0 saturated heterocycles. The second-order valence-corrected chi connectivity index (χ2v) is 8.53. The third kappa shape index (κ3) is 4.39. The highest BCUT2D eigenvalue weighted by atomic mass is 32.2. The van der Waals surface area contributed by atoms with Gasteiger partial charge in [0.05, 0.1) is 11.3 Å². The summed E-state index contributed by atoms with van der Waals surface area (Å²) in [5, 5.41) is 5.51. The van der Waals surface area contributed by atoms with E-state index in [-0.39, 0.29) is 16.1 Å². The zero-order valence-corrected chi connectivity index (χ0v) is 16.6. The van der Waals surface area contributed by atoms with Gasteiger partial charge in [-0.1, -0.05) is 30.3 Å². The van der Waals surface area contributed by atoms with E-state index < -0.39 is 33.8 Å². The van der Waals surface area contributed by atoms with E-state index in [4.69, 9.17) is 0 Å². The van der Waals surface area contributed by atoms with Crippen LogP contribution < -0.4 is 15.4 Å². The van der Waals surface area contributed by atoms with Crippen molar-refractivity contribution in [1.29, 1.82) is 0 Å². The zero-order chi connectivity index (χ0) is 22.2. The summed E-state index contributed by atoms with van der Waals surface area (Å²) in [6, 6.07) is 16.9. The molecule has 10 heteroatoms. The predicted molar refractivity (Wildman–Crippen MR) is 109 cm³/mol. The first kappa shape index (κ1) is 20.9. The van der Waals surface area contributed by atoms with Crippen LogP contribution in [0.4, 0.5) is 24.5 Å². The second kappa shape index (κ2) is 7.71. The Morgan fingerprint density at radius 2 is 1.65 bits per heavy atom. The van der Waals surface area contributed by atoms with Crippen LogP contribution in [-0.4, -0.2) is 14.3 Å². The number of nitrogens with one attached hydrogen (secondary N) is 3. The zero-order valence-electron chi connectivity index (χ0n) is 15.8.